The summed E-state index contributed by atoms with van der Waals surface area (Å²) in [6, 6.07) is 9.75. The van der Waals surface area contributed by atoms with Crippen LogP contribution in [-0.4, -0.2) is 18.0 Å². The molecule has 0 spiro atoms. The molecule has 0 saturated heterocycles. The van der Waals surface area contributed by atoms with Crippen molar-refractivity contribution < 1.29 is 23.6 Å². The number of rotatable bonds is 4. The van der Waals surface area contributed by atoms with E-state index < -0.39 is 16.5 Å². The van der Waals surface area contributed by atoms with Crippen molar-refractivity contribution in [2.45, 2.75) is 6.92 Å². The number of aryl methyl sites for hydroxylation is 1. The summed E-state index contributed by atoms with van der Waals surface area (Å²) in [5.74, 6) is -0.562. The number of hydrogen-bond donors (Lipinski definition) is 0. The first kappa shape index (κ1) is 17.2. The van der Waals surface area contributed by atoms with Crippen LogP contribution in [0, 0.1) is 17.0 Å². The molecule has 8 nitrogen and oxygen atoms in total. The second kappa shape index (κ2) is 6.67. The molecule has 3 aromatic rings. The van der Waals surface area contributed by atoms with E-state index in [4.69, 9.17) is 9.15 Å². The van der Waals surface area contributed by atoms with Gasteiger partial charge < -0.3 is 13.9 Å². The summed E-state index contributed by atoms with van der Waals surface area (Å²) in [6.07, 6.45) is 0. The third-order valence-electron chi connectivity index (χ3n) is 3.73. The molecule has 3 rings (SSSR count). The highest BCUT2D eigenvalue weighted by atomic mass is 16.6. The molecule has 26 heavy (non-hydrogen) atoms. The average Bonchev–Trinajstić information content (AvgIpc) is 2.60. The van der Waals surface area contributed by atoms with Crippen LogP contribution in [0.3, 0.4) is 0 Å². The molecule has 2 aromatic carbocycles. The number of fused-ring (bicyclic) bond motifs is 1. The average molecular weight is 355 g/mol. The number of nitro benzene ring substituents is 1. The third-order valence-corrected chi connectivity index (χ3v) is 3.73. The number of ether oxygens (including phenoxy) is 2. The van der Waals surface area contributed by atoms with Crippen molar-refractivity contribution in [3.63, 3.8) is 0 Å². The van der Waals surface area contributed by atoms with Gasteiger partial charge in [-0.05, 0) is 30.7 Å². The maximum atomic E-state index is 11.7. The van der Waals surface area contributed by atoms with E-state index in [9.17, 15) is 19.7 Å². The second-order valence-corrected chi connectivity index (χ2v) is 5.44. The lowest BCUT2D eigenvalue weighted by molar-refractivity contribution is -0.385. The van der Waals surface area contributed by atoms with Gasteiger partial charge in [0.2, 0.25) is 5.75 Å². The Hall–Kier alpha value is -3.68. The highest BCUT2D eigenvalue weighted by Gasteiger charge is 2.19. The van der Waals surface area contributed by atoms with Gasteiger partial charge in [0, 0.05) is 29.7 Å². The number of benzene rings is 2. The SMILES string of the molecule is COC(=O)c1ccc([N+](=O)[O-])c(Oc2ccc3c(C)cc(=O)oc3c2)c1. The van der Waals surface area contributed by atoms with E-state index in [0.717, 1.165) is 17.0 Å². The molecule has 0 aliphatic rings. The molecule has 0 fully saturated rings. The second-order valence-electron chi connectivity index (χ2n) is 5.44. The van der Waals surface area contributed by atoms with Gasteiger partial charge in [0.15, 0.2) is 0 Å². The summed E-state index contributed by atoms with van der Waals surface area (Å²) in [7, 11) is 1.21. The minimum Gasteiger partial charge on any atom is -0.465 e. The van der Waals surface area contributed by atoms with E-state index >= 15 is 0 Å². The molecule has 132 valence electrons. The minimum atomic E-state index is -0.648. The summed E-state index contributed by atoms with van der Waals surface area (Å²) in [6.45, 7) is 1.77. The lowest BCUT2D eigenvalue weighted by atomic mass is 10.1. The lowest BCUT2D eigenvalue weighted by Gasteiger charge is -2.09. The van der Waals surface area contributed by atoms with Gasteiger partial charge in [-0.3, -0.25) is 10.1 Å². The van der Waals surface area contributed by atoms with E-state index in [1.165, 1.54) is 31.4 Å². The minimum absolute atomic E-state index is 0.108. The molecule has 0 aliphatic carbocycles. The third kappa shape index (κ3) is 3.25. The highest BCUT2D eigenvalue weighted by Crippen LogP contribution is 2.33. The maximum Gasteiger partial charge on any atom is 0.337 e. The molecule has 0 aliphatic heterocycles. The van der Waals surface area contributed by atoms with Crippen LogP contribution in [0.25, 0.3) is 11.0 Å². The molecule has 0 radical (unpaired) electrons. The predicted octanol–water partition coefficient (Wildman–Crippen LogP) is 3.59. The quantitative estimate of drug-likeness (QED) is 0.304. The Kier molecular flexibility index (Phi) is 4.40. The Balaban J connectivity index is 2.07. The van der Waals surface area contributed by atoms with E-state index in [1.807, 2.05) is 0 Å². The Bertz CT molecular complexity index is 1080. The molecular weight excluding hydrogens is 342 g/mol. The first-order chi connectivity index (χ1) is 12.4. The van der Waals surface area contributed by atoms with Crippen LogP contribution in [0.2, 0.25) is 0 Å². The van der Waals surface area contributed by atoms with Crippen LogP contribution in [0.5, 0.6) is 11.5 Å². The predicted molar refractivity (Wildman–Crippen MR) is 91.7 cm³/mol. The van der Waals surface area contributed by atoms with E-state index in [1.54, 1.807) is 19.1 Å². The monoisotopic (exact) mass is 355 g/mol. The number of hydrogen-bond acceptors (Lipinski definition) is 7. The molecule has 0 bridgehead atoms. The number of carbonyl (C=O) groups excluding carboxylic acids is 1. The standard InChI is InChI=1S/C18H13NO7/c1-10-7-17(20)26-15-9-12(4-5-13(10)15)25-16-8-11(18(21)24-2)3-6-14(16)19(22)23/h3-9H,1-2H3. The van der Waals surface area contributed by atoms with Gasteiger partial charge in [-0.1, -0.05) is 0 Å². The normalized spacial score (nSPS) is 10.5. The van der Waals surface area contributed by atoms with Gasteiger partial charge in [0.1, 0.15) is 11.3 Å². The molecule has 1 heterocycles. The zero-order valence-electron chi connectivity index (χ0n) is 13.8. The fraction of sp³-hybridized carbons (Fsp3) is 0.111. The van der Waals surface area contributed by atoms with Gasteiger partial charge in [0.25, 0.3) is 0 Å². The van der Waals surface area contributed by atoms with Crippen molar-refractivity contribution in [1.82, 2.24) is 0 Å². The van der Waals surface area contributed by atoms with Crippen LogP contribution in [-0.2, 0) is 4.74 Å². The molecule has 8 heteroatoms. The van der Waals surface area contributed by atoms with Gasteiger partial charge in [-0.15, -0.1) is 0 Å². The van der Waals surface area contributed by atoms with Gasteiger partial charge >= 0.3 is 17.3 Å². The van der Waals surface area contributed by atoms with Crippen molar-refractivity contribution in [1.29, 1.82) is 0 Å². The number of methoxy groups -OCH3 is 1. The van der Waals surface area contributed by atoms with Crippen molar-refractivity contribution in [2.24, 2.45) is 0 Å². The number of esters is 1. The van der Waals surface area contributed by atoms with Crippen molar-refractivity contribution in [2.75, 3.05) is 7.11 Å². The van der Waals surface area contributed by atoms with E-state index in [2.05, 4.69) is 4.74 Å². The molecule has 0 atom stereocenters. The molecule has 0 unspecified atom stereocenters. The van der Waals surface area contributed by atoms with Crippen molar-refractivity contribution >= 4 is 22.6 Å². The fourth-order valence-corrected chi connectivity index (χ4v) is 2.49. The first-order valence-corrected chi connectivity index (χ1v) is 7.48. The van der Waals surface area contributed by atoms with Crippen LogP contribution in [0.1, 0.15) is 15.9 Å². The topological polar surface area (TPSA) is 109 Å². The summed E-state index contributed by atoms with van der Waals surface area (Å²) < 4.78 is 15.3. The van der Waals surface area contributed by atoms with Crippen LogP contribution in [0.4, 0.5) is 5.69 Å². The Morgan fingerprint density at radius 2 is 1.92 bits per heavy atom. The van der Waals surface area contributed by atoms with Crippen LogP contribution >= 0.6 is 0 Å². The number of nitrogens with zero attached hydrogens (tertiary/aromatic N) is 1. The zero-order chi connectivity index (χ0) is 18.8. The Morgan fingerprint density at radius 1 is 1.15 bits per heavy atom. The maximum absolute atomic E-state index is 11.7. The summed E-state index contributed by atoms with van der Waals surface area (Å²) in [5.41, 5.74) is 0.311. The van der Waals surface area contributed by atoms with Gasteiger partial charge in [-0.25, -0.2) is 9.59 Å². The van der Waals surface area contributed by atoms with Crippen molar-refractivity contribution in [3.05, 3.63) is 74.1 Å². The Morgan fingerprint density at radius 3 is 2.62 bits per heavy atom. The largest absolute Gasteiger partial charge is 0.465 e. The molecule has 0 saturated carbocycles. The number of carbonyl (C=O) groups is 1. The number of nitro groups is 1. The Labute approximate surface area is 146 Å². The smallest absolute Gasteiger partial charge is 0.337 e. The van der Waals surface area contributed by atoms with Crippen LogP contribution in [0.15, 0.2) is 51.7 Å². The fourth-order valence-electron chi connectivity index (χ4n) is 2.49. The summed E-state index contributed by atoms with van der Waals surface area (Å²) in [4.78, 5) is 33.8. The summed E-state index contributed by atoms with van der Waals surface area (Å²) in [5, 5.41) is 11.9. The van der Waals surface area contributed by atoms with Crippen LogP contribution < -0.4 is 10.4 Å². The van der Waals surface area contributed by atoms with Gasteiger partial charge in [-0.2, -0.15) is 0 Å². The van der Waals surface area contributed by atoms with E-state index in [0.29, 0.717) is 5.58 Å². The van der Waals surface area contributed by atoms with E-state index in [-0.39, 0.29) is 22.7 Å². The zero-order valence-corrected chi connectivity index (χ0v) is 13.8. The molecular formula is C18H13NO7. The summed E-state index contributed by atoms with van der Waals surface area (Å²) >= 11 is 0. The molecule has 0 N–H and O–H groups in total. The molecule has 0 amide bonds. The molecule has 1 aromatic heterocycles. The lowest BCUT2D eigenvalue weighted by Crippen LogP contribution is -2.03. The highest BCUT2D eigenvalue weighted by molar-refractivity contribution is 5.90. The van der Waals surface area contributed by atoms with Crippen molar-refractivity contribution in [3.8, 4) is 11.5 Å². The van der Waals surface area contributed by atoms with Gasteiger partial charge in [0.05, 0.1) is 17.6 Å². The first-order valence-electron chi connectivity index (χ1n) is 7.48.